The molecule has 0 aliphatic carbocycles. The summed E-state index contributed by atoms with van der Waals surface area (Å²) in [5, 5.41) is 12.1. The third kappa shape index (κ3) is 4.79. The molecular formula is C23H29N5O2S. The van der Waals surface area contributed by atoms with Gasteiger partial charge in [-0.25, -0.2) is 0 Å². The number of carbonyl (C=O) groups is 1. The highest BCUT2D eigenvalue weighted by molar-refractivity contribution is 8.00. The van der Waals surface area contributed by atoms with Crippen molar-refractivity contribution in [1.82, 2.24) is 14.8 Å². The molecule has 1 aliphatic rings. The molecule has 1 amide bonds. The van der Waals surface area contributed by atoms with Crippen LogP contribution in [0.5, 0.6) is 0 Å². The second kappa shape index (κ2) is 9.60. The van der Waals surface area contributed by atoms with Crippen LogP contribution in [0.3, 0.4) is 0 Å². The number of rotatable bonds is 7. The molecule has 0 radical (unpaired) electrons. The van der Waals surface area contributed by atoms with E-state index in [4.69, 9.17) is 4.42 Å². The minimum absolute atomic E-state index is 0.0533. The molecule has 1 aromatic carbocycles. The smallest absolute Gasteiger partial charge is 0.237 e. The Labute approximate surface area is 187 Å². The molecule has 3 heterocycles. The number of nitrogens with zero attached hydrogens (tertiary/aromatic N) is 4. The quantitative estimate of drug-likeness (QED) is 0.524. The summed E-state index contributed by atoms with van der Waals surface area (Å²) in [6, 6.07) is 10.0. The Hall–Kier alpha value is -2.74. The molecule has 7 nitrogen and oxygen atoms in total. The lowest BCUT2D eigenvalue weighted by Gasteiger charge is -2.28. The first-order valence-corrected chi connectivity index (χ1v) is 11.7. The Bertz CT molecular complexity index is 1020. The van der Waals surface area contributed by atoms with Gasteiger partial charge in [-0.15, -0.1) is 10.2 Å². The van der Waals surface area contributed by atoms with Gasteiger partial charge in [0.1, 0.15) is 5.76 Å². The number of anilines is 2. The van der Waals surface area contributed by atoms with E-state index in [1.165, 1.54) is 36.7 Å². The summed E-state index contributed by atoms with van der Waals surface area (Å²) in [5.41, 5.74) is 2.95. The summed E-state index contributed by atoms with van der Waals surface area (Å²) < 4.78 is 7.42. The van der Waals surface area contributed by atoms with Crippen molar-refractivity contribution in [3.05, 3.63) is 42.4 Å². The van der Waals surface area contributed by atoms with Crippen LogP contribution in [0.4, 0.5) is 11.4 Å². The van der Waals surface area contributed by atoms with Gasteiger partial charge in [-0.1, -0.05) is 11.8 Å². The molecule has 8 heteroatoms. The van der Waals surface area contributed by atoms with Gasteiger partial charge in [-0.3, -0.25) is 4.79 Å². The van der Waals surface area contributed by atoms with Gasteiger partial charge in [0, 0.05) is 31.0 Å². The molecule has 0 saturated carbocycles. The lowest BCUT2D eigenvalue weighted by atomic mass is 10.1. The highest BCUT2D eigenvalue weighted by Gasteiger charge is 2.22. The van der Waals surface area contributed by atoms with Crippen molar-refractivity contribution in [3.8, 4) is 11.4 Å². The first-order chi connectivity index (χ1) is 15.1. The number of hydrogen-bond donors (Lipinski definition) is 1. The molecule has 1 aliphatic heterocycles. The van der Waals surface area contributed by atoms with Gasteiger partial charge in [-0.05, 0) is 70.4 Å². The number of thioether (sulfide) groups is 1. The van der Waals surface area contributed by atoms with Crippen molar-refractivity contribution in [3.63, 3.8) is 0 Å². The summed E-state index contributed by atoms with van der Waals surface area (Å²) in [5.74, 6) is 1.51. The van der Waals surface area contributed by atoms with E-state index in [1.807, 2.05) is 43.5 Å². The molecule has 1 saturated heterocycles. The van der Waals surface area contributed by atoms with Crippen molar-refractivity contribution in [2.75, 3.05) is 23.3 Å². The maximum absolute atomic E-state index is 12.8. The molecule has 1 fully saturated rings. The van der Waals surface area contributed by atoms with E-state index in [0.717, 1.165) is 41.1 Å². The van der Waals surface area contributed by atoms with Crippen LogP contribution in [0.15, 0.2) is 46.2 Å². The largest absolute Gasteiger partial charge is 0.469 e. The lowest BCUT2D eigenvalue weighted by molar-refractivity contribution is -0.115. The zero-order valence-corrected chi connectivity index (χ0v) is 19.1. The van der Waals surface area contributed by atoms with Crippen molar-refractivity contribution in [1.29, 1.82) is 0 Å². The molecule has 4 rings (SSSR count). The summed E-state index contributed by atoms with van der Waals surface area (Å²) in [6.07, 6.45) is 5.46. The average molecular weight is 440 g/mol. The van der Waals surface area contributed by atoms with E-state index in [2.05, 4.69) is 32.5 Å². The maximum Gasteiger partial charge on any atom is 0.237 e. The normalized spacial score (nSPS) is 15.1. The molecule has 31 heavy (non-hydrogen) atoms. The topological polar surface area (TPSA) is 76.2 Å². The third-order valence-corrected chi connectivity index (χ3v) is 6.72. The van der Waals surface area contributed by atoms with E-state index >= 15 is 0 Å². The predicted octanol–water partition coefficient (Wildman–Crippen LogP) is 4.98. The highest BCUT2D eigenvalue weighted by atomic mass is 32.2. The molecule has 1 unspecified atom stereocenters. The number of nitrogens with one attached hydrogen (secondary N) is 1. The van der Waals surface area contributed by atoms with Crippen LogP contribution in [-0.2, 0) is 11.3 Å². The van der Waals surface area contributed by atoms with Crippen LogP contribution in [0.2, 0.25) is 0 Å². The molecule has 164 valence electrons. The zero-order chi connectivity index (χ0) is 21.8. The Morgan fingerprint density at radius 2 is 1.90 bits per heavy atom. The van der Waals surface area contributed by atoms with E-state index < -0.39 is 0 Å². The van der Waals surface area contributed by atoms with Gasteiger partial charge in [0.05, 0.1) is 17.1 Å². The van der Waals surface area contributed by atoms with Gasteiger partial charge in [-0.2, -0.15) is 0 Å². The van der Waals surface area contributed by atoms with E-state index in [9.17, 15) is 4.79 Å². The predicted molar refractivity (Wildman–Crippen MR) is 125 cm³/mol. The van der Waals surface area contributed by atoms with Gasteiger partial charge >= 0.3 is 0 Å². The number of piperidine rings is 1. The Balaban J connectivity index is 1.40. The minimum Gasteiger partial charge on any atom is -0.469 e. The second-order valence-corrected chi connectivity index (χ2v) is 9.09. The number of furan rings is 1. The van der Waals surface area contributed by atoms with Gasteiger partial charge in [0.15, 0.2) is 11.0 Å². The van der Waals surface area contributed by atoms with E-state index in [0.29, 0.717) is 6.54 Å². The van der Waals surface area contributed by atoms with Gasteiger partial charge in [0.2, 0.25) is 5.91 Å². The van der Waals surface area contributed by atoms with Crippen LogP contribution in [-0.4, -0.2) is 39.0 Å². The number of aromatic nitrogens is 3. The van der Waals surface area contributed by atoms with Crippen LogP contribution in [0.25, 0.3) is 11.4 Å². The molecule has 3 aromatic rings. The molecule has 1 N–H and O–H groups in total. The molecule has 1 atom stereocenters. The number of benzene rings is 1. The Morgan fingerprint density at radius 1 is 1.16 bits per heavy atom. The minimum atomic E-state index is -0.311. The van der Waals surface area contributed by atoms with Crippen molar-refractivity contribution >= 4 is 29.0 Å². The summed E-state index contributed by atoms with van der Waals surface area (Å²) >= 11 is 1.41. The van der Waals surface area contributed by atoms with Gasteiger partial charge in [0.25, 0.3) is 0 Å². The summed E-state index contributed by atoms with van der Waals surface area (Å²) in [6.45, 7) is 8.77. The first kappa shape index (κ1) is 21.5. The number of amides is 1. The first-order valence-electron chi connectivity index (χ1n) is 10.9. The SMILES string of the molecule is CCn1c(SC(C)C(=O)Nc2ccc(N3CCCCC3)cc2)nnc1-c1ccoc1C. The van der Waals surface area contributed by atoms with Crippen LogP contribution in [0.1, 0.15) is 38.9 Å². The number of aryl methyl sites for hydroxylation is 1. The molecule has 2 aromatic heterocycles. The van der Waals surface area contributed by atoms with Crippen molar-refractivity contribution in [2.45, 2.75) is 57.0 Å². The highest BCUT2D eigenvalue weighted by Crippen LogP contribution is 2.29. The number of hydrogen-bond acceptors (Lipinski definition) is 6. The second-order valence-electron chi connectivity index (χ2n) is 7.78. The average Bonchev–Trinajstić information content (AvgIpc) is 3.39. The fourth-order valence-corrected chi connectivity index (χ4v) is 4.75. The lowest BCUT2D eigenvalue weighted by Crippen LogP contribution is -2.29. The fourth-order valence-electron chi connectivity index (χ4n) is 3.84. The molecule has 0 bridgehead atoms. The van der Waals surface area contributed by atoms with Crippen LogP contribution >= 0.6 is 11.8 Å². The monoisotopic (exact) mass is 439 g/mol. The van der Waals surface area contributed by atoms with Crippen LogP contribution < -0.4 is 10.2 Å². The standard InChI is InChI=1S/C23H29N5O2S/c1-4-28-21(20-12-15-30-16(20)2)25-26-23(28)31-17(3)22(29)24-18-8-10-19(11-9-18)27-13-6-5-7-14-27/h8-12,15,17H,4-7,13-14H2,1-3H3,(H,24,29). The maximum atomic E-state index is 12.8. The molecule has 0 spiro atoms. The van der Waals surface area contributed by atoms with Crippen molar-refractivity contribution in [2.24, 2.45) is 0 Å². The molecular weight excluding hydrogens is 410 g/mol. The summed E-state index contributed by atoms with van der Waals surface area (Å²) in [4.78, 5) is 15.2. The Kier molecular flexibility index (Phi) is 6.65. The van der Waals surface area contributed by atoms with E-state index in [-0.39, 0.29) is 11.2 Å². The zero-order valence-electron chi connectivity index (χ0n) is 18.3. The summed E-state index contributed by atoms with van der Waals surface area (Å²) in [7, 11) is 0. The van der Waals surface area contributed by atoms with Gasteiger partial charge < -0.3 is 19.2 Å². The number of carbonyl (C=O) groups excluding carboxylic acids is 1. The Morgan fingerprint density at radius 3 is 2.55 bits per heavy atom. The van der Waals surface area contributed by atoms with E-state index in [1.54, 1.807) is 6.26 Å². The third-order valence-electron chi connectivity index (χ3n) is 5.64. The van der Waals surface area contributed by atoms with Crippen molar-refractivity contribution < 1.29 is 9.21 Å². The van der Waals surface area contributed by atoms with Crippen LogP contribution in [0, 0.1) is 6.92 Å². The fraction of sp³-hybridized carbons (Fsp3) is 0.435.